The minimum Gasteiger partial charge on any atom is -0.496 e. The van der Waals surface area contributed by atoms with Crippen molar-refractivity contribution in [2.45, 2.75) is 42.9 Å². The smallest absolute Gasteiger partial charge is 0.496 e. The molecule has 1 N–H and O–H groups in total. The molecule has 3 saturated heterocycles. The summed E-state index contributed by atoms with van der Waals surface area (Å²) in [5, 5.41) is 3.74. The standard InChI is InChI=1S/C30H34F3N3O3S/c1-35(40(37,38)30(31,32)33)25-13-14-26(39-2)24(19-25)20-34-28-23-15-17-36(18-16-23)29(28)27(21-9-5-3-6-10-21)22-11-7-4-8-12-22/h3-14,19,23,27-29,34H,15-18,20H2,1-2H3. The summed E-state index contributed by atoms with van der Waals surface area (Å²) in [6.45, 7) is 2.35. The topological polar surface area (TPSA) is 61.9 Å². The van der Waals surface area contributed by atoms with Crippen molar-refractivity contribution in [2.24, 2.45) is 5.92 Å². The Morgan fingerprint density at radius 2 is 1.55 bits per heavy atom. The third-order valence-electron chi connectivity index (χ3n) is 8.34. The van der Waals surface area contributed by atoms with Crippen molar-refractivity contribution < 1.29 is 26.3 Å². The first kappa shape index (κ1) is 28.4. The second-order valence-electron chi connectivity index (χ2n) is 10.5. The van der Waals surface area contributed by atoms with Crippen molar-refractivity contribution in [3.8, 4) is 5.75 Å². The van der Waals surface area contributed by atoms with Crippen molar-refractivity contribution in [1.82, 2.24) is 10.2 Å². The van der Waals surface area contributed by atoms with E-state index >= 15 is 0 Å². The average Bonchev–Trinajstić information content (AvgIpc) is 2.97. The van der Waals surface area contributed by atoms with Gasteiger partial charge in [-0.25, -0.2) is 0 Å². The molecule has 0 aromatic heterocycles. The molecule has 3 fully saturated rings. The maximum Gasteiger partial charge on any atom is 0.516 e. The van der Waals surface area contributed by atoms with E-state index in [2.05, 4.69) is 58.7 Å². The summed E-state index contributed by atoms with van der Waals surface area (Å²) in [5.74, 6) is 1.04. The van der Waals surface area contributed by atoms with Crippen molar-refractivity contribution in [3.05, 3.63) is 95.6 Å². The highest BCUT2D eigenvalue weighted by atomic mass is 32.2. The molecule has 0 saturated carbocycles. The first-order valence-corrected chi connectivity index (χ1v) is 14.8. The van der Waals surface area contributed by atoms with Crippen LogP contribution in [0.2, 0.25) is 0 Å². The zero-order valence-electron chi connectivity index (χ0n) is 22.5. The summed E-state index contributed by atoms with van der Waals surface area (Å²) in [7, 11) is -3.12. The lowest BCUT2D eigenvalue weighted by Gasteiger charge is -2.54. The number of alkyl halides is 3. The van der Waals surface area contributed by atoms with Gasteiger partial charge in [0.05, 0.1) is 12.8 Å². The molecular formula is C30H34F3N3O3S. The Balaban J connectivity index is 1.47. The van der Waals surface area contributed by atoms with Gasteiger partial charge in [-0.3, -0.25) is 9.21 Å². The largest absolute Gasteiger partial charge is 0.516 e. The van der Waals surface area contributed by atoms with E-state index in [0.29, 0.717) is 23.8 Å². The molecule has 2 atom stereocenters. The number of hydrogen-bond acceptors (Lipinski definition) is 5. The van der Waals surface area contributed by atoms with Crippen LogP contribution in [0.5, 0.6) is 5.75 Å². The van der Waals surface area contributed by atoms with Crippen LogP contribution in [0.15, 0.2) is 78.9 Å². The second-order valence-corrected chi connectivity index (χ2v) is 12.4. The molecule has 214 valence electrons. The fourth-order valence-electron chi connectivity index (χ4n) is 6.32. The fourth-order valence-corrected chi connectivity index (χ4v) is 7.02. The lowest BCUT2D eigenvalue weighted by molar-refractivity contribution is -0.0437. The Morgan fingerprint density at radius 1 is 0.975 bits per heavy atom. The van der Waals surface area contributed by atoms with Gasteiger partial charge in [-0.15, -0.1) is 0 Å². The highest BCUT2D eigenvalue weighted by Crippen LogP contribution is 2.42. The molecule has 3 heterocycles. The Kier molecular flexibility index (Phi) is 8.13. The molecule has 40 heavy (non-hydrogen) atoms. The normalized spacial score (nSPS) is 22.9. The molecule has 0 radical (unpaired) electrons. The Labute approximate surface area is 233 Å². The molecule has 3 aliphatic rings. The van der Waals surface area contributed by atoms with Gasteiger partial charge in [-0.2, -0.15) is 21.6 Å². The molecule has 0 spiro atoms. The van der Waals surface area contributed by atoms with Gasteiger partial charge in [-0.05, 0) is 61.2 Å². The Hall–Kier alpha value is -3.08. The second kappa shape index (κ2) is 11.4. The van der Waals surface area contributed by atoms with E-state index in [1.54, 1.807) is 0 Å². The van der Waals surface area contributed by atoms with Crippen molar-refractivity contribution in [2.75, 3.05) is 31.6 Å². The minimum atomic E-state index is -5.52. The van der Waals surface area contributed by atoms with E-state index in [4.69, 9.17) is 4.74 Å². The summed E-state index contributed by atoms with van der Waals surface area (Å²) in [5.41, 5.74) is -2.41. The number of anilines is 1. The average molecular weight is 574 g/mol. The van der Waals surface area contributed by atoms with Crippen molar-refractivity contribution in [1.29, 1.82) is 0 Å². The van der Waals surface area contributed by atoms with Crippen LogP contribution in [-0.4, -0.2) is 58.2 Å². The first-order chi connectivity index (χ1) is 19.1. The number of nitrogens with zero attached hydrogens (tertiary/aromatic N) is 2. The van der Waals surface area contributed by atoms with Crippen LogP contribution in [0, 0.1) is 5.92 Å². The van der Waals surface area contributed by atoms with Gasteiger partial charge in [0.15, 0.2) is 0 Å². The number of fused-ring (bicyclic) bond motifs is 3. The van der Waals surface area contributed by atoms with E-state index in [-0.39, 0.29) is 28.0 Å². The molecule has 6 rings (SSSR count). The van der Waals surface area contributed by atoms with Crippen LogP contribution in [0.3, 0.4) is 0 Å². The fraction of sp³-hybridized carbons (Fsp3) is 0.400. The Morgan fingerprint density at radius 3 is 2.08 bits per heavy atom. The maximum atomic E-state index is 13.2. The van der Waals surface area contributed by atoms with E-state index in [1.165, 1.54) is 36.4 Å². The summed E-state index contributed by atoms with van der Waals surface area (Å²) in [6.07, 6.45) is 2.13. The molecule has 3 aromatic carbocycles. The highest BCUT2D eigenvalue weighted by molar-refractivity contribution is 7.93. The lowest BCUT2D eigenvalue weighted by Crippen LogP contribution is -2.64. The molecular weight excluding hydrogens is 539 g/mol. The van der Waals surface area contributed by atoms with Crippen LogP contribution in [0.1, 0.15) is 35.4 Å². The molecule has 10 heteroatoms. The quantitative estimate of drug-likeness (QED) is 0.373. The van der Waals surface area contributed by atoms with Crippen LogP contribution in [0.4, 0.5) is 18.9 Å². The number of halogens is 3. The Bertz CT molecular complexity index is 1360. The van der Waals surface area contributed by atoms with Crippen LogP contribution >= 0.6 is 0 Å². The number of benzene rings is 3. The minimum absolute atomic E-state index is 0.0770. The SMILES string of the molecule is COc1ccc(N(C)S(=O)(=O)C(F)(F)F)cc1CNC1C2CCN(CC2)C1C(c1ccccc1)c1ccccc1. The van der Waals surface area contributed by atoms with Gasteiger partial charge in [0.2, 0.25) is 0 Å². The third-order valence-corrected chi connectivity index (χ3v) is 9.86. The van der Waals surface area contributed by atoms with Gasteiger partial charge in [-0.1, -0.05) is 60.7 Å². The highest BCUT2D eigenvalue weighted by Gasteiger charge is 2.49. The van der Waals surface area contributed by atoms with Crippen molar-refractivity contribution >= 4 is 15.7 Å². The number of hydrogen-bond donors (Lipinski definition) is 1. The van der Waals surface area contributed by atoms with Gasteiger partial charge < -0.3 is 10.1 Å². The molecule has 0 aliphatic carbocycles. The van der Waals surface area contributed by atoms with E-state index in [1.807, 2.05) is 12.1 Å². The molecule has 3 aromatic rings. The monoisotopic (exact) mass is 573 g/mol. The van der Waals surface area contributed by atoms with E-state index in [9.17, 15) is 21.6 Å². The maximum absolute atomic E-state index is 13.2. The van der Waals surface area contributed by atoms with Crippen LogP contribution in [0.25, 0.3) is 0 Å². The lowest BCUT2D eigenvalue weighted by atomic mass is 9.70. The number of sulfonamides is 1. The number of rotatable bonds is 9. The van der Waals surface area contributed by atoms with Gasteiger partial charge >= 0.3 is 15.5 Å². The van der Waals surface area contributed by atoms with Gasteiger partial charge in [0.25, 0.3) is 0 Å². The van der Waals surface area contributed by atoms with Gasteiger partial charge in [0.1, 0.15) is 5.75 Å². The van der Waals surface area contributed by atoms with Crippen LogP contribution in [-0.2, 0) is 16.6 Å². The van der Waals surface area contributed by atoms with Crippen molar-refractivity contribution in [3.63, 3.8) is 0 Å². The molecule has 3 aliphatic heterocycles. The predicted molar refractivity (Wildman–Crippen MR) is 150 cm³/mol. The number of methoxy groups -OCH3 is 1. The zero-order chi connectivity index (χ0) is 28.5. The van der Waals surface area contributed by atoms with E-state index < -0.39 is 15.5 Å². The predicted octanol–water partition coefficient (Wildman–Crippen LogP) is 5.37. The van der Waals surface area contributed by atoms with Crippen LogP contribution < -0.4 is 14.4 Å². The number of piperidine rings is 3. The molecule has 2 bridgehead atoms. The molecule has 6 nitrogen and oxygen atoms in total. The summed E-state index contributed by atoms with van der Waals surface area (Å²) in [6, 6.07) is 25.5. The summed E-state index contributed by atoms with van der Waals surface area (Å²) >= 11 is 0. The third kappa shape index (κ3) is 5.44. The molecule has 0 amide bonds. The zero-order valence-corrected chi connectivity index (χ0v) is 23.3. The number of nitrogens with one attached hydrogen (secondary N) is 1. The van der Waals surface area contributed by atoms with E-state index in [0.717, 1.165) is 33.0 Å². The summed E-state index contributed by atoms with van der Waals surface area (Å²) < 4.78 is 69.5. The number of ether oxygens (including phenoxy) is 1. The summed E-state index contributed by atoms with van der Waals surface area (Å²) in [4.78, 5) is 2.56. The van der Waals surface area contributed by atoms with Gasteiger partial charge in [0, 0.05) is 37.2 Å². The molecule has 2 unspecified atom stereocenters. The first-order valence-electron chi connectivity index (χ1n) is 13.4.